The molecule has 2 fully saturated rings. The number of hydrogen-bond acceptors (Lipinski definition) is 6. The van der Waals surface area contributed by atoms with Crippen LogP contribution in [0.15, 0.2) is 24.5 Å². The average Bonchev–Trinajstić information content (AvgIpc) is 2.89. The van der Waals surface area contributed by atoms with E-state index < -0.39 is 9.84 Å². The van der Waals surface area contributed by atoms with Crippen molar-refractivity contribution in [1.82, 2.24) is 14.8 Å². The van der Waals surface area contributed by atoms with Gasteiger partial charge in [-0.25, -0.2) is 8.42 Å². The summed E-state index contributed by atoms with van der Waals surface area (Å²) in [6.07, 6.45) is 3.77. The molecule has 0 aromatic carbocycles. The van der Waals surface area contributed by atoms with Crippen LogP contribution in [0.25, 0.3) is 0 Å². The summed E-state index contributed by atoms with van der Waals surface area (Å²) in [7, 11) is -1.56. The SMILES string of the molecule is COCCC(=O)N1CCN(Cc2ccncc2)[C@@H]2CS(=O)(=O)C[C@@H]21. The van der Waals surface area contributed by atoms with E-state index in [0.717, 1.165) is 5.56 Å². The fourth-order valence-electron chi connectivity index (χ4n) is 3.59. The van der Waals surface area contributed by atoms with E-state index in [2.05, 4.69) is 9.88 Å². The van der Waals surface area contributed by atoms with Gasteiger partial charge in [0.2, 0.25) is 5.91 Å². The van der Waals surface area contributed by atoms with Gasteiger partial charge in [0.1, 0.15) is 0 Å². The third-order valence-electron chi connectivity index (χ3n) is 4.77. The number of nitrogens with zero attached hydrogens (tertiary/aromatic N) is 3. The molecule has 1 amide bonds. The molecule has 0 N–H and O–H groups in total. The molecule has 2 aliphatic rings. The summed E-state index contributed by atoms with van der Waals surface area (Å²) < 4.78 is 29.3. The average molecular weight is 353 g/mol. The summed E-state index contributed by atoms with van der Waals surface area (Å²) >= 11 is 0. The summed E-state index contributed by atoms with van der Waals surface area (Å²) in [6.45, 7) is 2.28. The number of piperazine rings is 1. The normalized spacial score (nSPS) is 26.3. The Bertz CT molecular complexity index is 680. The van der Waals surface area contributed by atoms with Gasteiger partial charge < -0.3 is 9.64 Å². The molecule has 0 aliphatic carbocycles. The molecule has 7 nitrogen and oxygen atoms in total. The number of ether oxygens (including phenoxy) is 1. The summed E-state index contributed by atoms with van der Waals surface area (Å²) in [5.41, 5.74) is 1.10. The lowest BCUT2D eigenvalue weighted by molar-refractivity contribution is -0.138. The van der Waals surface area contributed by atoms with Crippen molar-refractivity contribution in [2.45, 2.75) is 25.0 Å². The van der Waals surface area contributed by atoms with Gasteiger partial charge in [-0.3, -0.25) is 14.7 Å². The minimum Gasteiger partial charge on any atom is -0.384 e. The standard InChI is InChI=1S/C16H23N3O4S/c1-23-9-4-16(20)19-8-7-18(10-13-2-5-17-6-3-13)14-11-24(21,22)12-15(14)19/h2-3,5-6,14-15H,4,7-12H2,1H3/t14-,15+/m1/s1. The summed E-state index contributed by atoms with van der Waals surface area (Å²) in [5, 5.41) is 0. The minimum atomic E-state index is -3.12. The van der Waals surface area contributed by atoms with Crippen molar-refractivity contribution >= 4 is 15.7 Å². The van der Waals surface area contributed by atoms with Gasteiger partial charge in [0.15, 0.2) is 9.84 Å². The number of aromatic nitrogens is 1. The van der Waals surface area contributed by atoms with Crippen LogP contribution in [0.1, 0.15) is 12.0 Å². The van der Waals surface area contributed by atoms with Crippen molar-refractivity contribution in [2.75, 3.05) is 38.3 Å². The first-order valence-electron chi connectivity index (χ1n) is 8.12. The van der Waals surface area contributed by atoms with Crippen LogP contribution in [-0.2, 0) is 25.9 Å². The topological polar surface area (TPSA) is 79.8 Å². The monoisotopic (exact) mass is 353 g/mol. The number of carbonyl (C=O) groups excluding carboxylic acids is 1. The number of hydrogen-bond donors (Lipinski definition) is 0. The first-order valence-corrected chi connectivity index (χ1v) is 9.94. The highest BCUT2D eigenvalue weighted by Crippen LogP contribution is 2.28. The number of pyridine rings is 1. The molecule has 24 heavy (non-hydrogen) atoms. The fourth-order valence-corrected chi connectivity index (χ4v) is 5.60. The van der Waals surface area contributed by atoms with Gasteiger partial charge >= 0.3 is 0 Å². The Kier molecular flexibility index (Phi) is 5.17. The molecule has 1 aromatic rings. The van der Waals surface area contributed by atoms with Crippen molar-refractivity contribution in [2.24, 2.45) is 0 Å². The van der Waals surface area contributed by atoms with E-state index in [1.54, 1.807) is 24.4 Å². The lowest BCUT2D eigenvalue weighted by Gasteiger charge is -2.44. The first kappa shape index (κ1) is 17.3. The molecule has 3 rings (SSSR count). The van der Waals surface area contributed by atoms with Gasteiger partial charge in [-0.15, -0.1) is 0 Å². The van der Waals surface area contributed by atoms with E-state index in [1.807, 2.05) is 12.1 Å². The zero-order valence-corrected chi connectivity index (χ0v) is 14.6. The van der Waals surface area contributed by atoms with Gasteiger partial charge in [-0.2, -0.15) is 0 Å². The van der Waals surface area contributed by atoms with Gasteiger partial charge in [0.25, 0.3) is 0 Å². The zero-order valence-electron chi connectivity index (χ0n) is 13.8. The van der Waals surface area contributed by atoms with E-state index in [0.29, 0.717) is 32.7 Å². The Balaban J connectivity index is 1.76. The fraction of sp³-hybridized carbons (Fsp3) is 0.625. The largest absolute Gasteiger partial charge is 0.384 e. The highest BCUT2D eigenvalue weighted by molar-refractivity contribution is 7.91. The highest BCUT2D eigenvalue weighted by atomic mass is 32.2. The lowest BCUT2D eigenvalue weighted by Crippen LogP contribution is -2.60. The molecule has 1 aromatic heterocycles. The molecule has 0 radical (unpaired) electrons. The molecular formula is C16H23N3O4S. The number of rotatable bonds is 5. The number of amides is 1. The first-order chi connectivity index (χ1) is 11.5. The molecule has 2 saturated heterocycles. The summed E-state index contributed by atoms with van der Waals surface area (Å²) in [4.78, 5) is 20.3. The Morgan fingerprint density at radius 1 is 1.25 bits per heavy atom. The van der Waals surface area contributed by atoms with Crippen LogP contribution in [0.5, 0.6) is 0 Å². The minimum absolute atomic E-state index is 0.0208. The summed E-state index contributed by atoms with van der Waals surface area (Å²) in [5.74, 6) is 0.160. The van der Waals surface area contributed by atoms with Crippen LogP contribution in [0.4, 0.5) is 0 Å². The van der Waals surface area contributed by atoms with Crippen LogP contribution in [0.2, 0.25) is 0 Å². The molecule has 0 spiro atoms. The quantitative estimate of drug-likeness (QED) is 0.737. The van der Waals surface area contributed by atoms with Crippen LogP contribution < -0.4 is 0 Å². The van der Waals surface area contributed by atoms with E-state index in [9.17, 15) is 13.2 Å². The van der Waals surface area contributed by atoms with E-state index in [1.165, 1.54) is 0 Å². The number of methoxy groups -OCH3 is 1. The van der Waals surface area contributed by atoms with E-state index in [4.69, 9.17) is 4.74 Å². The maximum absolute atomic E-state index is 12.4. The molecule has 2 aliphatic heterocycles. The zero-order chi connectivity index (χ0) is 17.2. The number of sulfone groups is 1. The molecule has 2 atom stereocenters. The summed E-state index contributed by atoms with van der Waals surface area (Å²) in [6, 6.07) is 3.49. The van der Waals surface area contributed by atoms with Crippen molar-refractivity contribution in [3.63, 3.8) is 0 Å². The molecule has 8 heteroatoms. The Labute approximate surface area is 142 Å². The van der Waals surface area contributed by atoms with Crippen molar-refractivity contribution < 1.29 is 17.9 Å². The van der Waals surface area contributed by atoms with Gasteiger partial charge in [-0.1, -0.05) is 0 Å². The molecule has 0 bridgehead atoms. The molecule has 3 heterocycles. The smallest absolute Gasteiger partial charge is 0.225 e. The second-order valence-electron chi connectivity index (χ2n) is 6.37. The van der Waals surface area contributed by atoms with E-state index >= 15 is 0 Å². The van der Waals surface area contributed by atoms with E-state index in [-0.39, 0.29) is 29.5 Å². The van der Waals surface area contributed by atoms with Crippen LogP contribution in [0, 0.1) is 0 Å². The highest BCUT2D eigenvalue weighted by Gasteiger charge is 2.47. The Hall–Kier alpha value is -1.51. The second-order valence-corrected chi connectivity index (χ2v) is 8.52. The van der Waals surface area contributed by atoms with Crippen molar-refractivity contribution in [1.29, 1.82) is 0 Å². The van der Waals surface area contributed by atoms with Crippen molar-refractivity contribution in [3.8, 4) is 0 Å². The van der Waals surface area contributed by atoms with Gasteiger partial charge in [-0.05, 0) is 17.7 Å². The Morgan fingerprint density at radius 3 is 2.67 bits per heavy atom. The molecule has 0 unspecified atom stereocenters. The number of fused-ring (bicyclic) bond motifs is 1. The van der Waals surface area contributed by atoms with Crippen molar-refractivity contribution in [3.05, 3.63) is 30.1 Å². The maximum Gasteiger partial charge on any atom is 0.225 e. The molecule has 0 saturated carbocycles. The molecule has 132 valence electrons. The predicted molar refractivity (Wildman–Crippen MR) is 89.1 cm³/mol. The van der Waals surface area contributed by atoms with Gasteiger partial charge in [0, 0.05) is 45.2 Å². The third kappa shape index (κ3) is 3.76. The number of carbonyl (C=O) groups is 1. The second kappa shape index (κ2) is 7.16. The molecular weight excluding hydrogens is 330 g/mol. The lowest BCUT2D eigenvalue weighted by atomic mass is 10.0. The van der Waals surface area contributed by atoms with Crippen LogP contribution in [0.3, 0.4) is 0 Å². The van der Waals surface area contributed by atoms with Crippen LogP contribution >= 0.6 is 0 Å². The maximum atomic E-state index is 12.4. The predicted octanol–water partition coefficient (Wildman–Crippen LogP) is -0.0721. The Morgan fingerprint density at radius 2 is 1.96 bits per heavy atom. The van der Waals surface area contributed by atoms with Crippen LogP contribution in [-0.4, -0.2) is 79.5 Å². The third-order valence-corrected chi connectivity index (χ3v) is 6.47. The van der Waals surface area contributed by atoms with Gasteiger partial charge in [0.05, 0.1) is 30.6 Å².